The van der Waals surface area contributed by atoms with E-state index < -0.39 is 18.5 Å². The number of benzene rings is 4. The number of amides is 2. The van der Waals surface area contributed by atoms with Crippen molar-refractivity contribution in [2.75, 3.05) is 17.2 Å². The van der Waals surface area contributed by atoms with Gasteiger partial charge in [0.15, 0.2) is 6.61 Å². The van der Waals surface area contributed by atoms with Gasteiger partial charge < -0.3 is 20.1 Å². The van der Waals surface area contributed by atoms with Crippen LogP contribution in [0.15, 0.2) is 84.9 Å². The molecule has 0 saturated heterocycles. The molecule has 0 heterocycles. The monoisotopic (exact) mass is 530 g/mol. The standard InChI is InChI=1S/C30H27ClN2O5/c1-20-12-13-22(31)18-26(20)33-29(35)19-37-30(36)11-5-10-28(34)32-23-14-16-24(17-15-23)38-27-9-4-7-21-6-2-3-8-25(21)27/h2-4,6-9,12-18H,5,10-11,19H2,1H3,(H,32,34)(H,33,35). The SMILES string of the molecule is Cc1ccc(Cl)cc1NC(=O)COC(=O)CCCC(=O)Nc1ccc(Oc2cccc3ccccc23)cc1. The van der Waals surface area contributed by atoms with Gasteiger partial charge in [0.1, 0.15) is 11.5 Å². The number of anilines is 2. The van der Waals surface area contributed by atoms with Gasteiger partial charge in [0, 0.05) is 34.6 Å². The summed E-state index contributed by atoms with van der Waals surface area (Å²) in [6, 6.07) is 26.1. The largest absolute Gasteiger partial charge is 0.457 e. The Balaban J connectivity index is 1.17. The van der Waals surface area contributed by atoms with Crippen LogP contribution >= 0.6 is 11.6 Å². The predicted octanol–water partition coefficient (Wildman–Crippen LogP) is 6.88. The molecule has 4 rings (SSSR count). The normalized spacial score (nSPS) is 10.6. The Kier molecular flexibility index (Phi) is 8.95. The first-order valence-corrected chi connectivity index (χ1v) is 12.5. The van der Waals surface area contributed by atoms with Crippen LogP contribution < -0.4 is 15.4 Å². The summed E-state index contributed by atoms with van der Waals surface area (Å²) in [5, 5.41) is 8.06. The zero-order chi connectivity index (χ0) is 26.9. The lowest BCUT2D eigenvalue weighted by atomic mass is 10.1. The number of aryl methyl sites for hydroxylation is 1. The second-order valence-electron chi connectivity index (χ2n) is 8.67. The van der Waals surface area contributed by atoms with Gasteiger partial charge in [-0.15, -0.1) is 0 Å². The van der Waals surface area contributed by atoms with Crippen LogP contribution in [0.3, 0.4) is 0 Å². The Bertz CT molecular complexity index is 1450. The highest BCUT2D eigenvalue weighted by Crippen LogP contribution is 2.30. The highest BCUT2D eigenvalue weighted by Gasteiger charge is 2.11. The van der Waals surface area contributed by atoms with Gasteiger partial charge in [0.2, 0.25) is 5.91 Å². The lowest BCUT2D eigenvalue weighted by molar-refractivity contribution is -0.147. The molecule has 2 amide bonds. The van der Waals surface area contributed by atoms with Crippen LogP contribution in [0.1, 0.15) is 24.8 Å². The third kappa shape index (κ3) is 7.57. The summed E-state index contributed by atoms with van der Waals surface area (Å²) in [4.78, 5) is 36.3. The predicted molar refractivity (Wildman–Crippen MR) is 149 cm³/mol. The molecule has 0 aromatic heterocycles. The van der Waals surface area contributed by atoms with Crippen molar-refractivity contribution < 1.29 is 23.9 Å². The third-order valence-corrected chi connectivity index (χ3v) is 5.97. The lowest BCUT2D eigenvalue weighted by Gasteiger charge is -2.10. The molecule has 0 spiro atoms. The number of hydrogen-bond donors (Lipinski definition) is 2. The van der Waals surface area contributed by atoms with Crippen LogP contribution in [0.4, 0.5) is 11.4 Å². The van der Waals surface area contributed by atoms with E-state index in [1.165, 1.54) is 0 Å². The molecular formula is C30H27ClN2O5. The summed E-state index contributed by atoms with van der Waals surface area (Å²) in [6.07, 6.45) is 0.452. The van der Waals surface area contributed by atoms with Crippen molar-refractivity contribution in [1.82, 2.24) is 0 Å². The van der Waals surface area contributed by atoms with Crippen molar-refractivity contribution in [1.29, 1.82) is 0 Å². The minimum atomic E-state index is -0.550. The Morgan fingerprint density at radius 3 is 2.39 bits per heavy atom. The highest BCUT2D eigenvalue weighted by molar-refractivity contribution is 6.31. The van der Waals surface area contributed by atoms with E-state index in [2.05, 4.69) is 10.6 Å². The number of fused-ring (bicyclic) bond motifs is 1. The Hall–Kier alpha value is -4.36. The number of carbonyl (C=O) groups excluding carboxylic acids is 3. The lowest BCUT2D eigenvalue weighted by Crippen LogP contribution is -2.21. The number of carbonyl (C=O) groups is 3. The molecule has 4 aromatic rings. The molecule has 0 aliphatic carbocycles. The maximum absolute atomic E-state index is 12.3. The van der Waals surface area contributed by atoms with Crippen LogP contribution in [0.5, 0.6) is 11.5 Å². The molecule has 0 saturated carbocycles. The molecule has 7 nitrogen and oxygen atoms in total. The molecule has 8 heteroatoms. The van der Waals surface area contributed by atoms with Gasteiger partial charge in [-0.2, -0.15) is 0 Å². The second-order valence-corrected chi connectivity index (χ2v) is 9.11. The van der Waals surface area contributed by atoms with E-state index in [-0.39, 0.29) is 18.7 Å². The average molecular weight is 531 g/mol. The van der Waals surface area contributed by atoms with E-state index in [9.17, 15) is 14.4 Å². The van der Waals surface area contributed by atoms with Gasteiger partial charge in [0.05, 0.1) is 0 Å². The summed E-state index contributed by atoms with van der Waals surface area (Å²) in [7, 11) is 0. The molecular weight excluding hydrogens is 504 g/mol. The molecule has 0 radical (unpaired) electrons. The van der Waals surface area contributed by atoms with Crippen LogP contribution in [0.25, 0.3) is 10.8 Å². The quantitative estimate of drug-likeness (QED) is 0.218. The Morgan fingerprint density at radius 1 is 0.816 bits per heavy atom. The minimum absolute atomic E-state index is 0.0225. The van der Waals surface area contributed by atoms with Crippen LogP contribution in [0, 0.1) is 6.92 Å². The van der Waals surface area contributed by atoms with Crippen LogP contribution in [-0.2, 0) is 19.1 Å². The number of esters is 1. The zero-order valence-corrected chi connectivity index (χ0v) is 21.6. The number of hydrogen-bond acceptors (Lipinski definition) is 5. The smallest absolute Gasteiger partial charge is 0.306 e. The van der Waals surface area contributed by atoms with E-state index >= 15 is 0 Å². The summed E-state index contributed by atoms with van der Waals surface area (Å²) in [6.45, 7) is 1.42. The minimum Gasteiger partial charge on any atom is -0.457 e. The molecule has 38 heavy (non-hydrogen) atoms. The van der Waals surface area contributed by atoms with Crippen molar-refractivity contribution >= 4 is 51.5 Å². The second kappa shape index (κ2) is 12.7. The molecule has 0 atom stereocenters. The topological polar surface area (TPSA) is 93.7 Å². The first-order valence-electron chi connectivity index (χ1n) is 12.1. The summed E-state index contributed by atoms with van der Waals surface area (Å²) < 4.78 is 11.0. The van der Waals surface area contributed by atoms with Crippen molar-refractivity contribution in [3.8, 4) is 11.5 Å². The molecule has 0 aliphatic rings. The molecule has 0 unspecified atom stereocenters. The maximum Gasteiger partial charge on any atom is 0.306 e. The van der Waals surface area contributed by atoms with Crippen molar-refractivity contribution in [2.24, 2.45) is 0 Å². The van der Waals surface area contributed by atoms with Gasteiger partial charge in [-0.3, -0.25) is 14.4 Å². The first kappa shape index (κ1) is 26.7. The first-order chi connectivity index (χ1) is 18.4. The van der Waals surface area contributed by atoms with E-state index in [0.29, 0.717) is 28.6 Å². The van der Waals surface area contributed by atoms with Gasteiger partial charge in [-0.1, -0.05) is 54.1 Å². The van der Waals surface area contributed by atoms with E-state index in [0.717, 1.165) is 22.1 Å². The summed E-state index contributed by atoms with van der Waals surface area (Å²) >= 11 is 5.94. The van der Waals surface area contributed by atoms with Gasteiger partial charge in [-0.25, -0.2) is 0 Å². The van der Waals surface area contributed by atoms with E-state index in [1.807, 2.05) is 49.4 Å². The third-order valence-electron chi connectivity index (χ3n) is 5.74. The molecule has 4 aromatic carbocycles. The zero-order valence-electron chi connectivity index (χ0n) is 20.8. The fraction of sp³-hybridized carbons (Fsp3) is 0.167. The van der Waals surface area contributed by atoms with Gasteiger partial charge >= 0.3 is 5.97 Å². The fourth-order valence-corrected chi connectivity index (χ4v) is 3.94. The molecule has 0 fully saturated rings. The van der Waals surface area contributed by atoms with Crippen molar-refractivity contribution in [3.63, 3.8) is 0 Å². The van der Waals surface area contributed by atoms with Gasteiger partial charge in [-0.05, 0) is 66.8 Å². The Labute approximate surface area is 225 Å². The fourth-order valence-electron chi connectivity index (χ4n) is 3.77. The van der Waals surface area contributed by atoms with E-state index in [1.54, 1.807) is 42.5 Å². The van der Waals surface area contributed by atoms with E-state index in [4.69, 9.17) is 21.1 Å². The van der Waals surface area contributed by atoms with Crippen molar-refractivity contribution in [2.45, 2.75) is 26.2 Å². The molecule has 194 valence electrons. The highest BCUT2D eigenvalue weighted by atomic mass is 35.5. The van der Waals surface area contributed by atoms with Gasteiger partial charge in [0.25, 0.3) is 5.91 Å². The number of halogens is 1. The van der Waals surface area contributed by atoms with Crippen LogP contribution in [-0.4, -0.2) is 24.4 Å². The number of rotatable bonds is 10. The number of nitrogens with one attached hydrogen (secondary N) is 2. The maximum atomic E-state index is 12.3. The van der Waals surface area contributed by atoms with Crippen molar-refractivity contribution in [3.05, 3.63) is 95.5 Å². The molecule has 0 aliphatic heterocycles. The van der Waals surface area contributed by atoms with Crippen LogP contribution in [0.2, 0.25) is 5.02 Å². The summed E-state index contributed by atoms with van der Waals surface area (Å²) in [5.74, 6) is 0.162. The average Bonchev–Trinajstić information content (AvgIpc) is 2.91. The number of ether oxygens (including phenoxy) is 2. The summed E-state index contributed by atoms with van der Waals surface area (Å²) in [5.41, 5.74) is 2.02. The Morgan fingerprint density at radius 2 is 1.58 bits per heavy atom. The molecule has 2 N–H and O–H groups in total. The molecule has 0 bridgehead atoms.